The van der Waals surface area contributed by atoms with Crippen molar-refractivity contribution >= 4 is 23.0 Å². The first-order valence-corrected chi connectivity index (χ1v) is 9.49. The molecule has 0 aliphatic carbocycles. The second kappa shape index (κ2) is 8.25. The second-order valence-electron chi connectivity index (χ2n) is 6.41. The Bertz CT molecular complexity index is 658. The van der Waals surface area contributed by atoms with Crippen LogP contribution in [-0.2, 0) is 11.2 Å². The number of thiophene rings is 1. The third-order valence-electron chi connectivity index (χ3n) is 4.70. The van der Waals surface area contributed by atoms with Crippen molar-refractivity contribution < 1.29 is 9.59 Å². The number of amides is 1. The molecule has 0 saturated carbocycles. The minimum Gasteiger partial charge on any atom is -0.343 e. The molecule has 0 atom stereocenters. The Balaban J connectivity index is 1.41. The van der Waals surface area contributed by atoms with E-state index in [9.17, 15) is 9.59 Å². The van der Waals surface area contributed by atoms with Gasteiger partial charge in [-0.3, -0.25) is 9.59 Å². The van der Waals surface area contributed by atoms with Crippen LogP contribution < -0.4 is 0 Å². The van der Waals surface area contributed by atoms with Crippen molar-refractivity contribution in [1.82, 2.24) is 4.90 Å². The van der Waals surface area contributed by atoms with Crippen molar-refractivity contribution in [1.29, 1.82) is 0 Å². The van der Waals surface area contributed by atoms with Crippen molar-refractivity contribution in [3.05, 3.63) is 58.3 Å². The molecule has 1 saturated heterocycles. The number of Topliss-reactive ketones (excluding diaryl/α,β-unsaturated/α-hetero) is 1. The summed E-state index contributed by atoms with van der Waals surface area (Å²) in [5, 5.41) is 1.90. The molecule has 1 aliphatic heterocycles. The molecule has 126 valence electrons. The molecule has 1 amide bonds. The highest BCUT2D eigenvalue weighted by Crippen LogP contribution is 2.22. The van der Waals surface area contributed by atoms with Crippen LogP contribution in [0.15, 0.2) is 47.8 Å². The maximum Gasteiger partial charge on any atom is 0.223 e. The number of piperidine rings is 1. The predicted molar refractivity (Wildman–Crippen MR) is 97.3 cm³/mol. The SMILES string of the molecule is O=C(CCC(=O)N1CCC(Cc2ccccc2)CC1)c1cccs1. The van der Waals surface area contributed by atoms with E-state index in [0.717, 1.165) is 37.2 Å². The van der Waals surface area contributed by atoms with E-state index < -0.39 is 0 Å². The highest BCUT2D eigenvalue weighted by atomic mass is 32.1. The van der Waals surface area contributed by atoms with Crippen LogP contribution in [0.3, 0.4) is 0 Å². The Morgan fingerprint density at radius 2 is 1.75 bits per heavy atom. The zero-order chi connectivity index (χ0) is 16.8. The Morgan fingerprint density at radius 1 is 1.00 bits per heavy atom. The molecule has 0 N–H and O–H groups in total. The topological polar surface area (TPSA) is 37.4 Å². The van der Waals surface area contributed by atoms with Crippen molar-refractivity contribution in [3.8, 4) is 0 Å². The summed E-state index contributed by atoms with van der Waals surface area (Å²) in [6, 6.07) is 14.3. The monoisotopic (exact) mass is 341 g/mol. The van der Waals surface area contributed by atoms with Gasteiger partial charge in [0.15, 0.2) is 5.78 Å². The molecular weight excluding hydrogens is 318 g/mol. The quantitative estimate of drug-likeness (QED) is 0.739. The van der Waals surface area contributed by atoms with Gasteiger partial charge in [-0.25, -0.2) is 0 Å². The number of carbonyl (C=O) groups excluding carboxylic acids is 2. The van der Waals surface area contributed by atoms with Gasteiger partial charge in [0, 0.05) is 25.9 Å². The lowest BCUT2D eigenvalue weighted by Crippen LogP contribution is -2.39. The first-order chi connectivity index (χ1) is 11.7. The number of carbonyl (C=O) groups is 2. The van der Waals surface area contributed by atoms with Gasteiger partial charge in [-0.05, 0) is 42.2 Å². The summed E-state index contributed by atoms with van der Waals surface area (Å²) in [5.41, 5.74) is 1.38. The van der Waals surface area contributed by atoms with Gasteiger partial charge in [-0.2, -0.15) is 0 Å². The normalized spacial score (nSPS) is 15.4. The van der Waals surface area contributed by atoms with Gasteiger partial charge in [-0.15, -0.1) is 11.3 Å². The van der Waals surface area contributed by atoms with E-state index in [0.29, 0.717) is 18.8 Å². The fraction of sp³-hybridized carbons (Fsp3) is 0.400. The second-order valence-corrected chi connectivity index (χ2v) is 7.36. The lowest BCUT2D eigenvalue weighted by molar-refractivity contribution is -0.132. The Labute approximate surface area is 147 Å². The van der Waals surface area contributed by atoms with E-state index >= 15 is 0 Å². The zero-order valence-corrected chi connectivity index (χ0v) is 14.6. The third-order valence-corrected chi connectivity index (χ3v) is 5.61. The molecule has 1 aromatic heterocycles. The molecule has 2 aromatic rings. The van der Waals surface area contributed by atoms with Gasteiger partial charge in [-0.1, -0.05) is 36.4 Å². The van der Waals surface area contributed by atoms with E-state index in [1.54, 1.807) is 0 Å². The summed E-state index contributed by atoms with van der Waals surface area (Å²) in [5.74, 6) is 0.861. The molecule has 24 heavy (non-hydrogen) atoms. The lowest BCUT2D eigenvalue weighted by Gasteiger charge is -2.32. The molecule has 0 radical (unpaired) electrons. The lowest BCUT2D eigenvalue weighted by atomic mass is 9.90. The first-order valence-electron chi connectivity index (χ1n) is 8.61. The average Bonchev–Trinajstić information content (AvgIpc) is 3.16. The van der Waals surface area contributed by atoms with Crippen molar-refractivity contribution in [2.45, 2.75) is 32.1 Å². The number of likely N-dealkylation sites (tertiary alicyclic amines) is 1. The fourth-order valence-corrected chi connectivity index (χ4v) is 3.97. The molecule has 1 aliphatic rings. The molecule has 2 heterocycles. The smallest absolute Gasteiger partial charge is 0.223 e. The highest BCUT2D eigenvalue weighted by molar-refractivity contribution is 7.12. The van der Waals surface area contributed by atoms with Crippen LogP contribution in [0.5, 0.6) is 0 Å². The summed E-state index contributed by atoms with van der Waals surface area (Å²) in [6.07, 6.45) is 3.86. The number of nitrogens with zero attached hydrogens (tertiary/aromatic N) is 1. The average molecular weight is 341 g/mol. The van der Waals surface area contributed by atoms with Crippen molar-refractivity contribution in [2.24, 2.45) is 5.92 Å². The molecule has 0 spiro atoms. The fourth-order valence-electron chi connectivity index (χ4n) is 3.27. The van der Waals surface area contributed by atoms with E-state index in [-0.39, 0.29) is 11.7 Å². The van der Waals surface area contributed by atoms with Crippen LogP contribution in [0.25, 0.3) is 0 Å². The molecular formula is C20H23NO2S. The van der Waals surface area contributed by atoms with Crippen LogP contribution in [0.1, 0.15) is 40.9 Å². The van der Waals surface area contributed by atoms with Gasteiger partial charge >= 0.3 is 0 Å². The number of ketones is 1. The van der Waals surface area contributed by atoms with Crippen LogP contribution in [0.4, 0.5) is 0 Å². The van der Waals surface area contributed by atoms with Crippen LogP contribution >= 0.6 is 11.3 Å². The van der Waals surface area contributed by atoms with E-state index in [4.69, 9.17) is 0 Å². The summed E-state index contributed by atoms with van der Waals surface area (Å²) < 4.78 is 0. The molecule has 4 heteroatoms. The summed E-state index contributed by atoms with van der Waals surface area (Å²) in [4.78, 5) is 27.0. The van der Waals surface area contributed by atoms with E-state index in [1.165, 1.54) is 16.9 Å². The van der Waals surface area contributed by atoms with E-state index in [1.807, 2.05) is 28.5 Å². The summed E-state index contributed by atoms with van der Waals surface area (Å²) in [6.45, 7) is 1.65. The van der Waals surface area contributed by atoms with Crippen molar-refractivity contribution in [2.75, 3.05) is 13.1 Å². The molecule has 3 nitrogen and oxygen atoms in total. The zero-order valence-electron chi connectivity index (χ0n) is 13.8. The summed E-state index contributed by atoms with van der Waals surface area (Å²) in [7, 11) is 0. The van der Waals surface area contributed by atoms with E-state index in [2.05, 4.69) is 24.3 Å². The van der Waals surface area contributed by atoms with Gasteiger partial charge in [0.1, 0.15) is 0 Å². The van der Waals surface area contributed by atoms with Crippen LogP contribution in [0.2, 0.25) is 0 Å². The van der Waals surface area contributed by atoms with Gasteiger partial charge in [0.25, 0.3) is 0 Å². The van der Waals surface area contributed by atoms with Gasteiger partial charge < -0.3 is 4.90 Å². The Kier molecular flexibility index (Phi) is 5.81. The Morgan fingerprint density at radius 3 is 2.42 bits per heavy atom. The van der Waals surface area contributed by atoms with Crippen LogP contribution in [-0.4, -0.2) is 29.7 Å². The number of hydrogen-bond acceptors (Lipinski definition) is 3. The molecule has 1 fully saturated rings. The minimum atomic E-state index is 0.0808. The molecule has 0 unspecified atom stereocenters. The number of rotatable bonds is 6. The Hall–Kier alpha value is -1.94. The first kappa shape index (κ1) is 16.9. The predicted octanol–water partition coefficient (Wildman–Crippen LogP) is 4.19. The van der Waals surface area contributed by atoms with Crippen molar-refractivity contribution in [3.63, 3.8) is 0 Å². The number of benzene rings is 1. The van der Waals surface area contributed by atoms with Gasteiger partial charge in [0.05, 0.1) is 4.88 Å². The van der Waals surface area contributed by atoms with Crippen LogP contribution in [0, 0.1) is 5.92 Å². The maximum atomic E-state index is 12.3. The van der Waals surface area contributed by atoms with Gasteiger partial charge in [0.2, 0.25) is 5.91 Å². The molecule has 3 rings (SSSR count). The highest BCUT2D eigenvalue weighted by Gasteiger charge is 2.23. The standard InChI is InChI=1S/C20H23NO2S/c22-18(19-7-4-14-24-19)8-9-20(23)21-12-10-17(11-13-21)15-16-5-2-1-3-6-16/h1-7,14,17H,8-13,15H2. The summed E-state index contributed by atoms with van der Waals surface area (Å²) >= 11 is 1.44. The third kappa shape index (κ3) is 4.54. The number of hydrogen-bond donors (Lipinski definition) is 0. The molecule has 0 bridgehead atoms. The maximum absolute atomic E-state index is 12.3. The largest absolute Gasteiger partial charge is 0.343 e. The molecule has 1 aromatic carbocycles. The minimum absolute atomic E-state index is 0.0808.